The maximum Gasteiger partial charge on any atom is 0.367 e. The van der Waals surface area contributed by atoms with Crippen molar-refractivity contribution in [2.45, 2.75) is 37.6 Å². The molecule has 0 aliphatic carbocycles. The van der Waals surface area contributed by atoms with E-state index in [1.54, 1.807) is 0 Å². The standard InChI is InChI=1S/C11H14N4O3S2/c1-2-3-4-5-6-19-9-8(15(17)18)10(16)14-11(13-9)20-7-12-14/h7H,2-6H2,1H3. The molecule has 0 unspecified atom stereocenters. The molecule has 0 saturated carbocycles. The van der Waals surface area contributed by atoms with Crippen LogP contribution in [0.5, 0.6) is 0 Å². The first kappa shape index (κ1) is 14.9. The highest BCUT2D eigenvalue weighted by molar-refractivity contribution is 7.99. The number of thioether (sulfide) groups is 1. The van der Waals surface area contributed by atoms with Crippen molar-refractivity contribution in [1.29, 1.82) is 0 Å². The molecule has 108 valence electrons. The number of unbranched alkanes of at least 4 members (excludes halogenated alkanes) is 3. The lowest BCUT2D eigenvalue weighted by molar-refractivity contribution is -0.389. The van der Waals surface area contributed by atoms with Crippen molar-refractivity contribution in [2.75, 3.05) is 5.75 Å². The highest BCUT2D eigenvalue weighted by Gasteiger charge is 2.24. The Balaban J connectivity index is 2.24. The zero-order chi connectivity index (χ0) is 14.5. The van der Waals surface area contributed by atoms with Crippen LogP contribution in [0.25, 0.3) is 4.96 Å². The van der Waals surface area contributed by atoms with Gasteiger partial charge in [0, 0.05) is 0 Å². The third-order valence-electron chi connectivity index (χ3n) is 2.72. The number of aromatic nitrogens is 3. The first-order valence-electron chi connectivity index (χ1n) is 6.29. The lowest BCUT2D eigenvalue weighted by Gasteiger charge is -2.02. The maximum absolute atomic E-state index is 12.0. The molecule has 0 aliphatic heterocycles. The second kappa shape index (κ2) is 6.80. The molecule has 2 aromatic heterocycles. The van der Waals surface area contributed by atoms with Crippen molar-refractivity contribution < 1.29 is 4.92 Å². The summed E-state index contributed by atoms with van der Waals surface area (Å²) in [5.41, 5.74) is 0.259. The summed E-state index contributed by atoms with van der Waals surface area (Å²) >= 11 is 2.46. The van der Waals surface area contributed by atoms with E-state index >= 15 is 0 Å². The Morgan fingerprint density at radius 1 is 1.45 bits per heavy atom. The summed E-state index contributed by atoms with van der Waals surface area (Å²) in [6.45, 7) is 2.12. The van der Waals surface area contributed by atoms with Gasteiger partial charge in [0.15, 0.2) is 5.03 Å². The van der Waals surface area contributed by atoms with Crippen LogP contribution in [0, 0.1) is 10.1 Å². The average molecular weight is 314 g/mol. The van der Waals surface area contributed by atoms with Crippen LogP contribution in [0.4, 0.5) is 5.69 Å². The highest BCUT2D eigenvalue weighted by atomic mass is 32.2. The van der Waals surface area contributed by atoms with Gasteiger partial charge in [-0.2, -0.15) is 9.61 Å². The Hall–Kier alpha value is -1.48. The first-order valence-corrected chi connectivity index (χ1v) is 8.15. The van der Waals surface area contributed by atoms with E-state index in [0.29, 0.717) is 4.96 Å². The summed E-state index contributed by atoms with van der Waals surface area (Å²) in [6.07, 6.45) is 4.32. The maximum atomic E-state index is 12.0. The second-order valence-electron chi connectivity index (χ2n) is 4.17. The van der Waals surface area contributed by atoms with E-state index in [2.05, 4.69) is 17.0 Å². The number of hydrogen-bond donors (Lipinski definition) is 0. The van der Waals surface area contributed by atoms with E-state index in [4.69, 9.17) is 0 Å². The molecule has 0 radical (unpaired) electrons. The molecule has 0 fully saturated rings. The van der Waals surface area contributed by atoms with Crippen LogP contribution in [-0.2, 0) is 0 Å². The van der Waals surface area contributed by atoms with Crippen LogP contribution in [0.2, 0.25) is 0 Å². The Morgan fingerprint density at radius 2 is 2.25 bits per heavy atom. The molecule has 0 spiro atoms. The van der Waals surface area contributed by atoms with Gasteiger partial charge in [0.2, 0.25) is 4.96 Å². The SMILES string of the molecule is CCCCCCSc1nc2scnn2c(=O)c1[N+](=O)[O-]. The summed E-state index contributed by atoms with van der Waals surface area (Å²) in [7, 11) is 0. The minimum atomic E-state index is -0.711. The molecular weight excluding hydrogens is 300 g/mol. The van der Waals surface area contributed by atoms with Crippen LogP contribution in [-0.4, -0.2) is 25.3 Å². The molecule has 20 heavy (non-hydrogen) atoms. The summed E-state index contributed by atoms with van der Waals surface area (Å²) in [5.74, 6) is 0.724. The average Bonchev–Trinajstić information content (AvgIpc) is 2.86. The molecule has 2 heterocycles. The van der Waals surface area contributed by atoms with Gasteiger partial charge >= 0.3 is 11.2 Å². The number of nitro groups is 1. The topological polar surface area (TPSA) is 90.4 Å². The van der Waals surface area contributed by atoms with Crippen molar-refractivity contribution in [3.8, 4) is 0 Å². The molecule has 7 nitrogen and oxygen atoms in total. The Kier molecular flexibility index (Phi) is 5.07. The van der Waals surface area contributed by atoms with Crippen LogP contribution in [0.1, 0.15) is 32.6 Å². The Morgan fingerprint density at radius 3 is 2.95 bits per heavy atom. The van der Waals surface area contributed by atoms with Gasteiger partial charge in [0.1, 0.15) is 5.51 Å². The molecule has 0 atom stereocenters. The van der Waals surface area contributed by atoms with E-state index in [-0.39, 0.29) is 5.03 Å². The molecule has 0 aliphatic rings. The van der Waals surface area contributed by atoms with Crippen molar-refractivity contribution in [3.05, 3.63) is 26.0 Å². The van der Waals surface area contributed by atoms with Crippen molar-refractivity contribution in [2.24, 2.45) is 0 Å². The molecule has 0 amide bonds. The summed E-state index contributed by atoms with van der Waals surface area (Å²) in [5, 5.41) is 15.0. The number of fused-ring (bicyclic) bond motifs is 1. The minimum absolute atomic E-state index is 0.195. The van der Waals surface area contributed by atoms with Gasteiger partial charge in [0.25, 0.3) is 0 Å². The number of rotatable bonds is 7. The van der Waals surface area contributed by atoms with Crippen molar-refractivity contribution in [1.82, 2.24) is 14.6 Å². The quantitative estimate of drug-likeness (QED) is 0.256. The predicted molar refractivity (Wildman–Crippen MR) is 78.7 cm³/mol. The highest BCUT2D eigenvalue weighted by Crippen LogP contribution is 2.26. The second-order valence-corrected chi connectivity index (χ2v) is 6.07. The molecule has 9 heteroatoms. The van der Waals surface area contributed by atoms with E-state index in [0.717, 1.165) is 36.0 Å². The van der Waals surface area contributed by atoms with E-state index in [1.807, 2.05) is 0 Å². The zero-order valence-electron chi connectivity index (χ0n) is 10.9. The normalized spacial score (nSPS) is 11.1. The van der Waals surface area contributed by atoms with Crippen molar-refractivity contribution >= 4 is 33.7 Å². The van der Waals surface area contributed by atoms with Crippen LogP contribution in [0.3, 0.4) is 0 Å². The lowest BCUT2D eigenvalue weighted by atomic mass is 10.2. The summed E-state index contributed by atoms with van der Waals surface area (Å²) in [6, 6.07) is 0. The zero-order valence-corrected chi connectivity index (χ0v) is 12.6. The Labute approximate surface area is 123 Å². The third kappa shape index (κ3) is 3.15. The molecule has 0 saturated heterocycles. The largest absolute Gasteiger partial charge is 0.367 e. The summed E-state index contributed by atoms with van der Waals surface area (Å²) in [4.78, 5) is 26.9. The monoisotopic (exact) mass is 314 g/mol. The number of nitrogens with zero attached hydrogens (tertiary/aromatic N) is 4. The molecular formula is C11H14N4O3S2. The van der Waals surface area contributed by atoms with Gasteiger partial charge in [-0.05, 0) is 12.2 Å². The predicted octanol–water partition coefficient (Wildman–Crippen LogP) is 2.73. The molecule has 0 bridgehead atoms. The van der Waals surface area contributed by atoms with E-state index in [9.17, 15) is 14.9 Å². The van der Waals surface area contributed by atoms with Gasteiger partial charge in [-0.3, -0.25) is 14.9 Å². The molecule has 0 N–H and O–H groups in total. The lowest BCUT2D eigenvalue weighted by Crippen LogP contribution is -2.19. The van der Waals surface area contributed by atoms with Gasteiger partial charge in [0.05, 0.1) is 4.92 Å². The van der Waals surface area contributed by atoms with Gasteiger partial charge < -0.3 is 0 Å². The molecule has 0 aromatic carbocycles. The van der Waals surface area contributed by atoms with Gasteiger partial charge in [-0.15, -0.1) is 0 Å². The molecule has 2 aromatic rings. The van der Waals surface area contributed by atoms with Gasteiger partial charge in [-0.25, -0.2) is 4.98 Å². The van der Waals surface area contributed by atoms with Crippen molar-refractivity contribution in [3.63, 3.8) is 0 Å². The number of hydrogen-bond acceptors (Lipinski definition) is 7. The fourth-order valence-electron chi connectivity index (χ4n) is 1.72. The fourth-order valence-corrected chi connectivity index (χ4v) is 3.38. The first-order chi connectivity index (χ1) is 9.65. The Bertz CT molecular complexity index is 667. The summed E-state index contributed by atoms with van der Waals surface area (Å²) < 4.78 is 0.976. The molecule has 2 rings (SSSR count). The van der Waals surface area contributed by atoms with E-state index in [1.165, 1.54) is 28.6 Å². The van der Waals surface area contributed by atoms with Crippen LogP contribution >= 0.6 is 23.1 Å². The minimum Gasteiger partial charge on any atom is -0.259 e. The van der Waals surface area contributed by atoms with Crippen LogP contribution in [0.15, 0.2) is 15.3 Å². The smallest absolute Gasteiger partial charge is 0.259 e. The van der Waals surface area contributed by atoms with Crippen LogP contribution < -0.4 is 5.56 Å². The fraction of sp³-hybridized carbons (Fsp3) is 0.545. The van der Waals surface area contributed by atoms with Gasteiger partial charge in [-0.1, -0.05) is 49.3 Å². The van der Waals surface area contributed by atoms with E-state index < -0.39 is 16.2 Å². The third-order valence-corrected chi connectivity index (χ3v) is 4.44.